The van der Waals surface area contributed by atoms with Crippen LogP contribution in [0.3, 0.4) is 0 Å². The molecule has 1 N–H and O–H groups in total. The van der Waals surface area contributed by atoms with Gasteiger partial charge in [0.1, 0.15) is 5.82 Å². The normalized spacial score (nSPS) is 12.2. The zero-order valence-corrected chi connectivity index (χ0v) is 12.2. The topological polar surface area (TPSA) is 56.1 Å². The smallest absolute Gasteiger partial charge is 0.334 e. The summed E-state index contributed by atoms with van der Waals surface area (Å²) in [5.41, 5.74) is 1.32. The van der Waals surface area contributed by atoms with Gasteiger partial charge in [-0.25, -0.2) is 14.2 Å². The van der Waals surface area contributed by atoms with Gasteiger partial charge in [0.2, 0.25) is 0 Å². The lowest BCUT2D eigenvalue weighted by Gasteiger charge is -2.21. The average Bonchev–Trinajstić information content (AvgIpc) is 2.95. The minimum absolute atomic E-state index is 0.157. The highest BCUT2D eigenvalue weighted by atomic mass is 19.1. The summed E-state index contributed by atoms with van der Waals surface area (Å²) in [6, 6.07) is 5.25. The van der Waals surface area contributed by atoms with Crippen LogP contribution in [-0.4, -0.2) is 22.6 Å². The van der Waals surface area contributed by atoms with Crippen LogP contribution in [0.2, 0.25) is 0 Å². The fourth-order valence-electron chi connectivity index (χ4n) is 2.05. The molecule has 0 amide bonds. The summed E-state index contributed by atoms with van der Waals surface area (Å²) in [5, 5.41) is 3.05. The zero-order chi connectivity index (χ0) is 15.4. The number of anilines is 1. The van der Waals surface area contributed by atoms with Crippen LogP contribution in [0.15, 0.2) is 36.8 Å². The van der Waals surface area contributed by atoms with E-state index < -0.39 is 12.0 Å². The predicted molar refractivity (Wildman–Crippen MR) is 77.4 cm³/mol. The van der Waals surface area contributed by atoms with Crippen LogP contribution < -0.4 is 5.32 Å². The van der Waals surface area contributed by atoms with Crippen LogP contribution in [0, 0.1) is 5.82 Å². The summed E-state index contributed by atoms with van der Waals surface area (Å²) in [4.78, 5) is 16.1. The molecule has 21 heavy (non-hydrogen) atoms. The quantitative estimate of drug-likeness (QED) is 0.861. The molecule has 0 aliphatic rings. The number of imidazole rings is 1. The third-order valence-electron chi connectivity index (χ3n) is 3.14. The van der Waals surface area contributed by atoms with Gasteiger partial charge in [-0.05, 0) is 38.1 Å². The van der Waals surface area contributed by atoms with Crippen molar-refractivity contribution in [1.82, 2.24) is 9.55 Å². The summed E-state index contributed by atoms with van der Waals surface area (Å²) < 4.78 is 19.7. The van der Waals surface area contributed by atoms with Crippen molar-refractivity contribution in [1.29, 1.82) is 0 Å². The maximum Gasteiger partial charge on any atom is 0.334 e. The van der Waals surface area contributed by atoms with E-state index in [-0.39, 0.29) is 11.9 Å². The van der Waals surface area contributed by atoms with Crippen molar-refractivity contribution in [3.63, 3.8) is 0 Å². The summed E-state index contributed by atoms with van der Waals surface area (Å²) in [7, 11) is 1.33. The second kappa shape index (κ2) is 6.39. The van der Waals surface area contributed by atoms with E-state index in [4.69, 9.17) is 4.74 Å². The number of halogens is 1. The van der Waals surface area contributed by atoms with Crippen LogP contribution in [-0.2, 0) is 9.53 Å². The first-order valence-electron chi connectivity index (χ1n) is 6.64. The Labute approximate surface area is 122 Å². The van der Waals surface area contributed by atoms with Crippen molar-refractivity contribution in [2.24, 2.45) is 0 Å². The number of hydrogen-bond acceptors (Lipinski definition) is 4. The lowest BCUT2D eigenvalue weighted by molar-refractivity contribution is -0.141. The Morgan fingerprint density at radius 2 is 2.00 bits per heavy atom. The molecule has 1 aromatic carbocycles. The highest BCUT2D eigenvalue weighted by molar-refractivity contribution is 5.80. The predicted octanol–water partition coefficient (Wildman–Crippen LogP) is 2.93. The fourth-order valence-corrected chi connectivity index (χ4v) is 2.05. The first-order chi connectivity index (χ1) is 10.0. The second-order valence-corrected chi connectivity index (χ2v) is 4.93. The third kappa shape index (κ3) is 3.39. The molecule has 0 saturated heterocycles. The van der Waals surface area contributed by atoms with Crippen molar-refractivity contribution in [2.75, 3.05) is 12.4 Å². The number of rotatable bonds is 5. The molecule has 0 spiro atoms. The molecule has 2 aromatic rings. The number of benzene rings is 1. The zero-order valence-electron chi connectivity index (χ0n) is 12.2. The van der Waals surface area contributed by atoms with Gasteiger partial charge in [-0.3, -0.25) is 0 Å². The van der Waals surface area contributed by atoms with Crippen molar-refractivity contribution < 1.29 is 13.9 Å². The molecule has 1 atom stereocenters. The number of carbonyl (C=O) groups excluding carboxylic acids is 1. The first kappa shape index (κ1) is 15.0. The summed E-state index contributed by atoms with van der Waals surface area (Å²) in [6.45, 7) is 3.99. The minimum Gasteiger partial charge on any atom is -0.467 e. The van der Waals surface area contributed by atoms with Gasteiger partial charge in [0, 0.05) is 11.7 Å². The van der Waals surface area contributed by atoms with E-state index in [1.165, 1.54) is 19.2 Å². The van der Waals surface area contributed by atoms with Crippen LogP contribution in [0.1, 0.15) is 31.6 Å². The van der Waals surface area contributed by atoms with Crippen molar-refractivity contribution in [3.8, 4) is 0 Å². The van der Waals surface area contributed by atoms with Crippen LogP contribution in [0.4, 0.5) is 10.1 Å². The molecule has 1 heterocycles. The monoisotopic (exact) mass is 291 g/mol. The van der Waals surface area contributed by atoms with Gasteiger partial charge >= 0.3 is 5.97 Å². The Morgan fingerprint density at radius 3 is 2.57 bits per heavy atom. The molecule has 1 aromatic heterocycles. The van der Waals surface area contributed by atoms with Gasteiger partial charge in [-0.15, -0.1) is 0 Å². The largest absolute Gasteiger partial charge is 0.467 e. The fraction of sp³-hybridized carbons (Fsp3) is 0.333. The molecule has 0 radical (unpaired) electrons. The number of esters is 1. The van der Waals surface area contributed by atoms with Crippen LogP contribution in [0.5, 0.6) is 0 Å². The number of ether oxygens (including phenoxy) is 1. The average molecular weight is 291 g/mol. The molecule has 0 aliphatic carbocycles. The van der Waals surface area contributed by atoms with E-state index in [1.54, 1.807) is 24.7 Å². The van der Waals surface area contributed by atoms with Crippen molar-refractivity contribution >= 4 is 11.7 Å². The Bertz CT molecular complexity index is 608. The summed E-state index contributed by atoms with van der Waals surface area (Å²) in [5.74, 6) is -0.760. The molecular weight excluding hydrogens is 273 g/mol. The molecule has 2 rings (SSSR count). The number of nitrogens with zero attached hydrogens (tertiary/aromatic N) is 2. The number of hydrogen-bond donors (Lipinski definition) is 1. The van der Waals surface area contributed by atoms with Crippen LogP contribution in [0.25, 0.3) is 0 Å². The molecule has 0 fully saturated rings. The van der Waals surface area contributed by atoms with E-state index in [9.17, 15) is 9.18 Å². The standard InChI is InChI=1S/C15H18FN3O2/c1-10(2)19-9-17-8-13(19)14(15(20)21-3)18-12-6-4-11(16)5-7-12/h4-10,14,18H,1-3H3. The maximum atomic E-state index is 13.0. The van der Waals surface area contributed by atoms with Gasteiger partial charge in [0.15, 0.2) is 6.04 Å². The van der Waals surface area contributed by atoms with E-state index in [1.807, 2.05) is 18.4 Å². The molecule has 1 unspecified atom stereocenters. The van der Waals surface area contributed by atoms with E-state index in [2.05, 4.69) is 10.3 Å². The van der Waals surface area contributed by atoms with E-state index in [0.29, 0.717) is 11.4 Å². The molecule has 0 saturated carbocycles. The highest BCUT2D eigenvalue weighted by Crippen LogP contribution is 2.23. The van der Waals surface area contributed by atoms with Crippen molar-refractivity contribution in [2.45, 2.75) is 25.9 Å². The molecule has 112 valence electrons. The Morgan fingerprint density at radius 1 is 1.33 bits per heavy atom. The van der Waals surface area contributed by atoms with Crippen LogP contribution >= 0.6 is 0 Å². The molecule has 0 aliphatic heterocycles. The Balaban J connectivity index is 2.32. The molecule has 5 nitrogen and oxygen atoms in total. The summed E-state index contributed by atoms with van der Waals surface area (Å²) >= 11 is 0. The van der Waals surface area contributed by atoms with Gasteiger partial charge in [-0.2, -0.15) is 0 Å². The van der Waals surface area contributed by atoms with Gasteiger partial charge in [0.25, 0.3) is 0 Å². The van der Waals surface area contributed by atoms with Crippen molar-refractivity contribution in [3.05, 3.63) is 48.3 Å². The van der Waals surface area contributed by atoms with E-state index in [0.717, 1.165) is 0 Å². The number of aromatic nitrogens is 2. The lowest BCUT2D eigenvalue weighted by Crippen LogP contribution is -2.25. The van der Waals surface area contributed by atoms with Gasteiger partial charge in [-0.1, -0.05) is 0 Å². The molecule has 0 bridgehead atoms. The number of methoxy groups -OCH3 is 1. The maximum absolute atomic E-state index is 13.0. The SMILES string of the molecule is COC(=O)C(Nc1ccc(F)cc1)c1cncn1C(C)C. The first-order valence-corrected chi connectivity index (χ1v) is 6.64. The van der Waals surface area contributed by atoms with Gasteiger partial charge < -0.3 is 14.6 Å². The summed E-state index contributed by atoms with van der Waals surface area (Å²) in [6.07, 6.45) is 3.29. The van der Waals surface area contributed by atoms with Gasteiger partial charge in [0.05, 0.1) is 25.3 Å². The van der Waals surface area contributed by atoms with E-state index >= 15 is 0 Å². The number of carbonyl (C=O) groups is 1. The molecule has 6 heteroatoms. The highest BCUT2D eigenvalue weighted by Gasteiger charge is 2.25. The second-order valence-electron chi connectivity index (χ2n) is 4.93. The third-order valence-corrected chi connectivity index (χ3v) is 3.14. The molecular formula is C15H18FN3O2. The minimum atomic E-state index is -0.703. The Hall–Kier alpha value is -2.37. The number of nitrogens with one attached hydrogen (secondary N) is 1. The Kier molecular flexibility index (Phi) is 4.57. The lowest BCUT2D eigenvalue weighted by atomic mass is 10.2.